The van der Waals surface area contributed by atoms with Gasteiger partial charge in [0.05, 0.1) is 0 Å². The Balaban J connectivity index is 1.55. The minimum absolute atomic E-state index is 0.751. The summed E-state index contributed by atoms with van der Waals surface area (Å²) < 4.78 is 0. The molecule has 3 heteroatoms. The van der Waals surface area contributed by atoms with Gasteiger partial charge in [-0.25, -0.2) is 0 Å². The van der Waals surface area contributed by atoms with Crippen LogP contribution in [0.1, 0.15) is 49.7 Å². The summed E-state index contributed by atoms with van der Waals surface area (Å²) in [7, 11) is 0. The molecule has 0 bridgehead atoms. The van der Waals surface area contributed by atoms with Gasteiger partial charge in [-0.15, -0.1) is 6.42 Å². The summed E-state index contributed by atoms with van der Waals surface area (Å²) >= 11 is 0. The van der Waals surface area contributed by atoms with Gasteiger partial charge in [-0.3, -0.25) is 0 Å². The van der Waals surface area contributed by atoms with Crippen LogP contribution < -0.4 is 9.80 Å². The van der Waals surface area contributed by atoms with Crippen LogP contribution in [-0.2, 0) is 5.60 Å². The molecular weight excluding hydrogens is 344 g/mol. The maximum Gasteiger partial charge on any atom is 0.176 e. The second-order valence-corrected chi connectivity index (χ2v) is 8.04. The van der Waals surface area contributed by atoms with Crippen molar-refractivity contribution in [2.24, 2.45) is 0 Å². The Morgan fingerprint density at radius 1 is 0.643 bits per heavy atom. The van der Waals surface area contributed by atoms with Crippen LogP contribution in [0.4, 0.5) is 11.4 Å². The predicted octanol–water partition coefficient (Wildman–Crippen LogP) is 4.54. The summed E-state index contributed by atoms with van der Waals surface area (Å²) in [6.07, 6.45) is 13.4. The van der Waals surface area contributed by atoms with Gasteiger partial charge in [-0.2, -0.15) is 0 Å². The van der Waals surface area contributed by atoms with E-state index < -0.39 is 5.60 Å². The molecule has 0 atom stereocenters. The number of rotatable bonds is 4. The number of nitrogens with zero attached hydrogens (tertiary/aromatic N) is 2. The molecule has 2 aromatic rings. The van der Waals surface area contributed by atoms with Gasteiger partial charge in [-0.1, -0.05) is 30.2 Å². The van der Waals surface area contributed by atoms with Gasteiger partial charge < -0.3 is 14.9 Å². The molecule has 2 saturated heterocycles. The highest BCUT2D eigenvalue weighted by molar-refractivity contribution is 5.55. The smallest absolute Gasteiger partial charge is 0.176 e. The maximum absolute atomic E-state index is 11.3. The molecule has 0 aromatic heterocycles. The van der Waals surface area contributed by atoms with E-state index in [2.05, 4.69) is 40.0 Å². The van der Waals surface area contributed by atoms with Crippen LogP contribution in [0.15, 0.2) is 48.5 Å². The first-order valence-corrected chi connectivity index (χ1v) is 10.6. The first-order chi connectivity index (χ1) is 13.7. The lowest BCUT2D eigenvalue weighted by atomic mass is 9.86. The van der Waals surface area contributed by atoms with Gasteiger partial charge >= 0.3 is 0 Å². The number of anilines is 2. The van der Waals surface area contributed by atoms with Gasteiger partial charge in [0, 0.05) is 48.7 Å². The van der Waals surface area contributed by atoms with Crippen molar-refractivity contribution in [1.82, 2.24) is 0 Å². The lowest BCUT2D eigenvalue weighted by molar-refractivity contribution is 0.145. The molecule has 28 heavy (non-hydrogen) atoms. The summed E-state index contributed by atoms with van der Waals surface area (Å²) in [5, 5.41) is 11.3. The molecule has 0 aliphatic carbocycles. The molecule has 1 N–H and O–H groups in total. The van der Waals surface area contributed by atoms with E-state index in [0.29, 0.717) is 0 Å². The van der Waals surface area contributed by atoms with Crippen LogP contribution >= 0.6 is 0 Å². The maximum atomic E-state index is 11.3. The van der Waals surface area contributed by atoms with E-state index in [0.717, 1.165) is 37.3 Å². The van der Waals surface area contributed by atoms with E-state index in [1.165, 1.54) is 49.9 Å². The fourth-order valence-corrected chi connectivity index (χ4v) is 4.46. The van der Waals surface area contributed by atoms with Gasteiger partial charge in [0.2, 0.25) is 0 Å². The molecule has 0 saturated carbocycles. The molecule has 0 spiro atoms. The lowest BCUT2D eigenvalue weighted by Gasteiger charge is -2.31. The highest BCUT2D eigenvalue weighted by Crippen LogP contribution is 2.32. The zero-order chi connectivity index (χ0) is 19.4. The Morgan fingerprint density at radius 2 is 1.00 bits per heavy atom. The van der Waals surface area contributed by atoms with Crippen LogP contribution in [0.25, 0.3) is 0 Å². The van der Waals surface area contributed by atoms with Crippen molar-refractivity contribution in [3.63, 3.8) is 0 Å². The Morgan fingerprint density at radius 3 is 1.32 bits per heavy atom. The first-order valence-electron chi connectivity index (χ1n) is 10.6. The largest absolute Gasteiger partial charge is 0.372 e. The van der Waals surface area contributed by atoms with E-state index in [-0.39, 0.29) is 0 Å². The Kier molecular flexibility index (Phi) is 5.59. The van der Waals surface area contributed by atoms with Crippen LogP contribution in [0, 0.1) is 12.3 Å². The Labute approximate surface area is 169 Å². The molecule has 2 fully saturated rings. The zero-order valence-electron chi connectivity index (χ0n) is 16.6. The van der Waals surface area contributed by atoms with E-state index in [9.17, 15) is 5.11 Å². The molecule has 4 rings (SSSR count). The fourth-order valence-electron chi connectivity index (χ4n) is 4.46. The highest BCUT2D eigenvalue weighted by Gasteiger charge is 2.29. The highest BCUT2D eigenvalue weighted by atomic mass is 16.3. The van der Waals surface area contributed by atoms with E-state index in [4.69, 9.17) is 6.42 Å². The second-order valence-electron chi connectivity index (χ2n) is 8.04. The average Bonchev–Trinajstić information content (AvgIpc) is 2.80. The molecule has 2 heterocycles. The van der Waals surface area contributed by atoms with Crippen molar-refractivity contribution < 1.29 is 5.11 Å². The Bertz CT molecular complexity index is 746. The summed E-state index contributed by atoms with van der Waals surface area (Å²) in [6, 6.07) is 16.3. The van der Waals surface area contributed by atoms with E-state index in [1.54, 1.807) is 0 Å². The number of hydrogen-bond donors (Lipinski definition) is 1. The van der Waals surface area contributed by atoms with Gasteiger partial charge in [0.1, 0.15) is 0 Å². The summed E-state index contributed by atoms with van der Waals surface area (Å²) in [5.41, 5.74) is 2.52. The molecule has 0 amide bonds. The minimum atomic E-state index is -1.40. The number of hydrogen-bond acceptors (Lipinski definition) is 3. The van der Waals surface area contributed by atoms with Crippen molar-refractivity contribution in [1.29, 1.82) is 0 Å². The molecule has 0 unspecified atom stereocenters. The zero-order valence-corrected chi connectivity index (χ0v) is 16.6. The summed E-state index contributed by atoms with van der Waals surface area (Å²) in [6.45, 7) is 4.43. The lowest BCUT2D eigenvalue weighted by Crippen LogP contribution is -2.30. The third kappa shape index (κ3) is 3.75. The van der Waals surface area contributed by atoms with Gasteiger partial charge in [0.15, 0.2) is 5.60 Å². The molecule has 2 aliphatic rings. The SMILES string of the molecule is C#CC(O)(c1ccc(N2CCCCC2)cc1)c1ccc(N2CCCCC2)cc1. The second kappa shape index (κ2) is 8.29. The summed E-state index contributed by atoms with van der Waals surface area (Å²) in [4.78, 5) is 4.82. The molecular formula is C25H30N2O. The van der Waals surface area contributed by atoms with Crippen LogP contribution in [0.2, 0.25) is 0 Å². The number of terminal acetylenes is 1. The van der Waals surface area contributed by atoms with Crippen molar-refractivity contribution in [2.75, 3.05) is 36.0 Å². The molecule has 3 nitrogen and oxygen atoms in total. The topological polar surface area (TPSA) is 26.7 Å². The van der Waals surface area contributed by atoms with Gasteiger partial charge in [-0.05, 0) is 62.8 Å². The monoisotopic (exact) mass is 374 g/mol. The average molecular weight is 375 g/mol. The van der Waals surface area contributed by atoms with E-state index >= 15 is 0 Å². The Hall–Kier alpha value is -2.44. The molecule has 2 aliphatic heterocycles. The van der Waals surface area contributed by atoms with Crippen molar-refractivity contribution in [2.45, 2.75) is 44.1 Å². The van der Waals surface area contributed by atoms with Crippen molar-refractivity contribution in [3.8, 4) is 12.3 Å². The fraction of sp³-hybridized carbons (Fsp3) is 0.440. The third-order valence-corrected chi connectivity index (χ3v) is 6.22. The third-order valence-electron chi connectivity index (χ3n) is 6.22. The van der Waals surface area contributed by atoms with Gasteiger partial charge in [0.25, 0.3) is 0 Å². The van der Waals surface area contributed by atoms with Crippen LogP contribution in [-0.4, -0.2) is 31.3 Å². The minimum Gasteiger partial charge on any atom is -0.372 e. The molecule has 0 radical (unpaired) electrons. The first kappa shape index (κ1) is 18.9. The molecule has 146 valence electrons. The molecule has 2 aromatic carbocycles. The summed E-state index contributed by atoms with van der Waals surface area (Å²) in [5.74, 6) is 2.64. The van der Waals surface area contributed by atoms with Crippen molar-refractivity contribution in [3.05, 3.63) is 59.7 Å². The number of piperidine rings is 2. The van der Waals surface area contributed by atoms with Crippen molar-refractivity contribution >= 4 is 11.4 Å². The predicted molar refractivity (Wildman–Crippen MR) is 117 cm³/mol. The quantitative estimate of drug-likeness (QED) is 0.796. The van der Waals surface area contributed by atoms with Crippen LogP contribution in [0.3, 0.4) is 0 Å². The van der Waals surface area contributed by atoms with E-state index in [1.807, 2.05) is 24.3 Å². The number of benzene rings is 2. The van der Waals surface area contributed by atoms with Crippen LogP contribution in [0.5, 0.6) is 0 Å². The number of aliphatic hydroxyl groups is 1. The standard InChI is InChI=1S/C25H30N2O/c1-2-25(28,21-9-13-23(14-10-21)26-17-5-3-6-18-26)22-11-15-24(16-12-22)27-19-7-4-8-20-27/h1,9-16,28H,3-8,17-20H2. The normalized spacial score (nSPS) is 18.0.